The summed E-state index contributed by atoms with van der Waals surface area (Å²) in [5.41, 5.74) is 1.01. The van der Waals surface area contributed by atoms with Gasteiger partial charge in [0.25, 0.3) is 11.8 Å². The highest BCUT2D eigenvalue weighted by Crippen LogP contribution is 2.17. The minimum absolute atomic E-state index is 0.108. The second kappa shape index (κ2) is 17.2. The number of aliphatic hydroxyl groups is 1. The van der Waals surface area contributed by atoms with Crippen molar-refractivity contribution < 1.29 is 31.9 Å². The Hall–Kier alpha value is -3.37. The van der Waals surface area contributed by atoms with Crippen LogP contribution in [0.2, 0.25) is 0 Å². The number of hydrogen-bond donors (Lipinski definition) is 3. The average Bonchev–Trinajstić information content (AvgIpc) is 2.95. The fourth-order valence-electron chi connectivity index (χ4n) is 4.52. The molecule has 0 heterocycles. The van der Waals surface area contributed by atoms with Crippen molar-refractivity contribution in [1.29, 1.82) is 0 Å². The number of likely N-dealkylation sites (N-methyl/N-ethyl adjacent to an activating group) is 1. The van der Waals surface area contributed by atoms with Crippen LogP contribution in [0.25, 0.3) is 0 Å². The maximum atomic E-state index is 14.0. The normalized spacial score (nSPS) is 12.9. The van der Waals surface area contributed by atoms with Gasteiger partial charge in [0.2, 0.25) is 10.0 Å². The summed E-state index contributed by atoms with van der Waals surface area (Å²) < 4.78 is 52.9. The first-order valence-corrected chi connectivity index (χ1v) is 16.4. The van der Waals surface area contributed by atoms with Gasteiger partial charge in [0.1, 0.15) is 11.6 Å². The van der Waals surface area contributed by atoms with Gasteiger partial charge in [-0.2, -0.15) is 0 Å². The number of nitrogens with zero attached hydrogens (tertiary/aromatic N) is 2. The summed E-state index contributed by atoms with van der Waals surface area (Å²) in [6, 6.07) is 6.40. The Morgan fingerprint density at radius 2 is 1.55 bits per heavy atom. The van der Waals surface area contributed by atoms with E-state index in [9.17, 15) is 31.9 Å². The van der Waals surface area contributed by atoms with Crippen molar-refractivity contribution in [3.05, 3.63) is 70.3 Å². The highest BCUT2D eigenvalue weighted by molar-refractivity contribution is 7.90. The number of halogens is 2. The second-order valence-electron chi connectivity index (χ2n) is 10.8. The molecule has 9 nitrogen and oxygen atoms in total. The van der Waals surface area contributed by atoms with E-state index >= 15 is 0 Å². The number of carbonyl (C=O) groups excluding carboxylic acids is 2. The van der Waals surface area contributed by atoms with Gasteiger partial charge < -0.3 is 15.3 Å². The molecule has 0 bridgehead atoms. The number of hydrogen-bond acceptors (Lipinski definition) is 6. The number of rotatable bonds is 16. The van der Waals surface area contributed by atoms with E-state index in [-0.39, 0.29) is 42.1 Å². The number of carbonyl (C=O) groups is 2. The fourth-order valence-corrected chi connectivity index (χ4v) is 5.30. The van der Waals surface area contributed by atoms with Crippen molar-refractivity contribution in [2.75, 3.05) is 26.2 Å². The van der Waals surface area contributed by atoms with Crippen molar-refractivity contribution in [3.8, 4) is 11.8 Å². The molecular weight excluding hydrogens is 590 g/mol. The van der Waals surface area contributed by atoms with E-state index in [1.165, 1.54) is 31.0 Å². The molecule has 0 radical (unpaired) electrons. The molecule has 0 saturated heterocycles. The van der Waals surface area contributed by atoms with Crippen LogP contribution in [0.15, 0.2) is 36.4 Å². The second-order valence-corrected chi connectivity index (χ2v) is 13.0. The number of amides is 2. The molecule has 0 aliphatic heterocycles. The minimum atomic E-state index is -3.73. The van der Waals surface area contributed by atoms with E-state index in [2.05, 4.69) is 22.0 Å². The molecule has 2 rings (SSSR count). The molecule has 0 aliphatic rings. The molecule has 2 aromatic carbocycles. The lowest BCUT2D eigenvalue weighted by Gasteiger charge is -2.30. The molecule has 2 unspecified atom stereocenters. The maximum Gasteiger partial charge on any atom is 0.253 e. The van der Waals surface area contributed by atoms with Crippen molar-refractivity contribution in [2.45, 2.75) is 78.2 Å². The number of aliphatic hydroxyl groups excluding tert-OH is 1. The Kier molecular flexibility index (Phi) is 14.4. The van der Waals surface area contributed by atoms with E-state index in [4.69, 9.17) is 0 Å². The average molecular weight is 635 g/mol. The number of nitrogens with one attached hydrogen (secondary N) is 2. The quantitative estimate of drug-likeness (QED) is 0.191. The molecule has 0 spiro atoms. The first-order chi connectivity index (χ1) is 20.7. The summed E-state index contributed by atoms with van der Waals surface area (Å²) in [5, 5.41) is 14.5. The van der Waals surface area contributed by atoms with Gasteiger partial charge in [-0.1, -0.05) is 26.7 Å². The van der Waals surface area contributed by atoms with Crippen LogP contribution in [-0.2, 0) is 16.4 Å². The molecule has 242 valence electrons. The molecule has 2 atom stereocenters. The third-order valence-electron chi connectivity index (χ3n) is 6.81. The van der Waals surface area contributed by atoms with Gasteiger partial charge in [-0.15, -0.1) is 10.8 Å². The van der Waals surface area contributed by atoms with Crippen LogP contribution in [0.3, 0.4) is 0 Å². The van der Waals surface area contributed by atoms with Gasteiger partial charge in [-0.05, 0) is 75.9 Å². The Morgan fingerprint density at radius 1 is 0.955 bits per heavy atom. The summed E-state index contributed by atoms with van der Waals surface area (Å²) in [4.78, 5) is 31.2. The molecule has 44 heavy (non-hydrogen) atoms. The number of sulfonamides is 1. The Labute approximate surface area is 260 Å². The number of hydrazine groups is 1. The summed E-state index contributed by atoms with van der Waals surface area (Å²) in [6.45, 7) is 11.3. The molecular formula is C32H44F2N4O5S. The monoisotopic (exact) mass is 634 g/mol. The number of benzene rings is 2. The third-order valence-corrected chi connectivity index (χ3v) is 8.56. The zero-order valence-corrected chi connectivity index (χ0v) is 27.1. The van der Waals surface area contributed by atoms with Crippen LogP contribution in [-0.4, -0.2) is 78.8 Å². The first-order valence-electron chi connectivity index (χ1n) is 14.8. The van der Waals surface area contributed by atoms with E-state index in [1.807, 2.05) is 13.8 Å². The van der Waals surface area contributed by atoms with Gasteiger partial charge in [-0.25, -0.2) is 22.2 Å². The van der Waals surface area contributed by atoms with Crippen LogP contribution >= 0.6 is 0 Å². The van der Waals surface area contributed by atoms with Gasteiger partial charge in [-0.3, -0.25) is 9.59 Å². The van der Waals surface area contributed by atoms with E-state index < -0.39 is 45.0 Å². The molecule has 2 aromatic rings. The highest BCUT2D eigenvalue weighted by Gasteiger charge is 2.28. The molecule has 3 N–H and O–H groups in total. The summed E-state index contributed by atoms with van der Waals surface area (Å²) in [6.07, 6.45) is -0.0209. The zero-order chi connectivity index (χ0) is 33.0. The van der Waals surface area contributed by atoms with Crippen LogP contribution < -0.4 is 10.1 Å². The van der Waals surface area contributed by atoms with Gasteiger partial charge in [0.15, 0.2) is 0 Å². The highest BCUT2D eigenvalue weighted by atomic mass is 32.2. The summed E-state index contributed by atoms with van der Waals surface area (Å²) >= 11 is 0. The predicted molar refractivity (Wildman–Crippen MR) is 167 cm³/mol. The van der Waals surface area contributed by atoms with Crippen molar-refractivity contribution >= 4 is 21.8 Å². The van der Waals surface area contributed by atoms with Crippen molar-refractivity contribution in [3.63, 3.8) is 0 Å². The molecule has 12 heteroatoms. The zero-order valence-electron chi connectivity index (χ0n) is 26.3. The molecule has 0 saturated carbocycles. The van der Waals surface area contributed by atoms with Gasteiger partial charge >= 0.3 is 0 Å². The predicted octanol–water partition coefficient (Wildman–Crippen LogP) is 3.87. The largest absolute Gasteiger partial charge is 0.390 e. The molecule has 2 amide bonds. The Morgan fingerprint density at radius 3 is 2.07 bits per heavy atom. The van der Waals surface area contributed by atoms with E-state index in [0.717, 1.165) is 25.0 Å². The smallest absolute Gasteiger partial charge is 0.253 e. The van der Waals surface area contributed by atoms with Crippen molar-refractivity contribution in [2.24, 2.45) is 0 Å². The van der Waals surface area contributed by atoms with Crippen LogP contribution in [0.1, 0.15) is 86.2 Å². The lowest BCUT2D eigenvalue weighted by molar-refractivity contribution is 0.0634. The lowest BCUT2D eigenvalue weighted by atomic mass is 9.99. The summed E-state index contributed by atoms with van der Waals surface area (Å²) in [7, 11) is -3.73. The van der Waals surface area contributed by atoms with Crippen molar-refractivity contribution in [1.82, 2.24) is 20.1 Å². The minimum Gasteiger partial charge on any atom is -0.390 e. The van der Waals surface area contributed by atoms with E-state index in [1.54, 1.807) is 24.8 Å². The molecule has 0 fully saturated rings. The maximum absolute atomic E-state index is 14.0. The Bertz CT molecular complexity index is 1430. The van der Waals surface area contributed by atoms with Crippen LogP contribution in [0.5, 0.6) is 0 Å². The third kappa shape index (κ3) is 11.0. The molecule has 0 aromatic heterocycles. The Balaban J connectivity index is 2.47. The lowest BCUT2D eigenvalue weighted by Crippen LogP contribution is -2.54. The topological polar surface area (TPSA) is 119 Å². The van der Waals surface area contributed by atoms with Crippen LogP contribution in [0, 0.1) is 23.5 Å². The van der Waals surface area contributed by atoms with Gasteiger partial charge in [0.05, 0.1) is 17.4 Å². The van der Waals surface area contributed by atoms with E-state index in [0.29, 0.717) is 24.7 Å². The summed E-state index contributed by atoms with van der Waals surface area (Å²) in [5.74, 6) is 3.12. The SMILES string of the molecule is CC#Cc1cc(C(=O)NC(Cc2cc(F)cc(F)c2)C(O)CN(CC)NS(=O)(=O)C(C)C)cc(C(=O)N(CCC)CCC)c1. The van der Waals surface area contributed by atoms with Gasteiger partial charge in [0, 0.05) is 48.9 Å². The molecule has 0 aliphatic carbocycles. The van der Waals surface area contributed by atoms with Crippen LogP contribution in [0.4, 0.5) is 8.78 Å². The standard InChI is InChI=1S/C32H44F2N4O5S/c1-7-11-23-14-25(19-26(15-23)32(41)37(12-8-2)13-9-3)31(40)35-29(18-24-16-27(33)20-28(34)17-24)30(39)21-38(10-4)36-44(42,43)22(5)6/h14-17,19-20,22,29-30,36,39H,8-10,12-13,18,21H2,1-6H3,(H,35,40). The fraction of sp³-hybridized carbons (Fsp3) is 0.500. The first kappa shape index (κ1) is 36.8.